The third-order valence-electron chi connectivity index (χ3n) is 6.33. The number of carbonyl (C=O) groups excluding carboxylic acids is 1. The van der Waals surface area contributed by atoms with Gasteiger partial charge in [-0.25, -0.2) is 17.6 Å². The number of piperazine rings is 1. The Labute approximate surface area is 207 Å². The minimum Gasteiger partial charge on any atom is -0.324 e. The smallest absolute Gasteiger partial charge is 0.225 e. The van der Waals surface area contributed by atoms with E-state index in [4.69, 9.17) is 0 Å². The third kappa shape index (κ3) is 6.89. The number of nitrogens with one attached hydrogen (secondary N) is 3. The number of halogens is 4. The Morgan fingerprint density at radius 1 is 0.972 bits per heavy atom. The maximum Gasteiger partial charge on any atom is 0.225 e. The van der Waals surface area contributed by atoms with Gasteiger partial charge in [0.1, 0.15) is 23.3 Å². The van der Waals surface area contributed by atoms with Crippen molar-refractivity contribution in [3.05, 3.63) is 94.8 Å². The summed E-state index contributed by atoms with van der Waals surface area (Å²) in [6.45, 7) is 2.67. The van der Waals surface area contributed by atoms with E-state index < -0.39 is 35.1 Å². The van der Waals surface area contributed by atoms with Crippen molar-refractivity contribution >= 4 is 11.6 Å². The second-order valence-electron chi connectivity index (χ2n) is 8.95. The molecule has 0 aliphatic carbocycles. The molecule has 1 fully saturated rings. The van der Waals surface area contributed by atoms with Crippen molar-refractivity contribution in [3.8, 4) is 0 Å². The van der Waals surface area contributed by atoms with Crippen molar-refractivity contribution in [1.82, 2.24) is 15.6 Å². The van der Waals surface area contributed by atoms with E-state index >= 15 is 0 Å². The number of pyridine rings is 1. The van der Waals surface area contributed by atoms with Gasteiger partial charge in [-0.05, 0) is 54.7 Å². The molecule has 2 atom stereocenters. The Hall–Kier alpha value is -3.30. The maximum atomic E-state index is 14.6. The first-order valence-corrected chi connectivity index (χ1v) is 12.0. The van der Waals surface area contributed by atoms with Gasteiger partial charge in [0.05, 0.1) is 18.1 Å². The molecular weight excluding hydrogens is 472 g/mol. The van der Waals surface area contributed by atoms with Crippen molar-refractivity contribution in [2.45, 2.75) is 37.6 Å². The van der Waals surface area contributed by atoms with Gasteiger partial charge in [-0.3, -0.25) is 9.78 Å². The van der Waals surface area contributed by atoms with Crippen molar-refractivity contribution < 1.29 is 22.4 Å². The van der Waals surface area contributed by atoms with Crippen LogP contribution in [0, 0.1) is 23.3 Å². The molecule has 1 aliphatic heterocycles. The molecule has 2 unspecified atom stereocenters. The summed E-state index contributed by atoms with van der Waals surface area (Å²) in [4.78, 5) is 16.9. The van der Waals surface area contributed by atoms with Gasteiger partial charge in [-0.2, -0.15) is 0 Å². The standard InChI is InChI=1S/C27H28F4N4O/c28-19-6-4-17(5-7-19)24(18-10-20(29)12-21(30)11-18)13-27(36)35-26-16-33-15-25(31)23(26)3-1-2-22-14-32-8-9-34-22/h4-7,10-12,15-16,22,24,32,34H,1-3,8-9,13-14H2,(H,35,36). The van der Waals surface area contributed by atoms with E-state index in [1.165, 1.54) is 30.5 Å². The number of rotatable bonds is 9. The van der Waals surface area contributed by atoms with Gasteiger partial charge in [0.15, 0.2) is 0 Å². The average Bonchev–Trinajstić information content (AvgIpc) is 2.85. The van der Waals surface area contributed by atoms with Crippen LogP contribution in [0.25, 0.3) is 0 Å². The van der Waals surface area contributed by atoms with E-state index in [0.717, 1.165) is 50.5 Å². The number of hydrogen-bond acceptors (Lipinski definition) is 4. The van der Waals surface area contributed by atoms with Gasteiger partial charge in [0, 0.05) is 49.6 Å². The van der Waals surface area contributed by atoms with Crippen molar-refractivity contribution in [2.24, 2.45) is 0 Å². The lowest BCUT2D eigenvalue weighted by Crippen LogP contribution is -2.48. The molecule has 0 bridgehead atoms. The van der Waals surface area contributed by atoms with Crippen molar-refractivity contribution in [2.75, 3.05) is 25.0 Å². The highest BCUT2D eigenvalue weighted by Crippen LogP contribution is 2.30. The van der Waals surface area contributed by atoms with Gasteiger partial charge in [0.25, 0.3) is 0 Å². The highest BCUT2D eigenvalue weighted by atomic mass is 19.1. The van der Waals surface area contributed by atoms with Crippen LogP contribution < -0.4 is 16.0 Å². The molecule has 1 aliphatic rings. The number of hydrogen-bond donors (Lipinski definition) is 3. The largest absolute Gasteiger partial charge is 0.324 e. The molecule has 3 N–H and O–H groups in total. The predicted octanol–water partition coefficient (Wildman–Crippen LogP) is 4.68. The zero-order chi connectivity index (χ0) is 25.5. The zero-order valence-corrected chi connectivity index (χ0v) is 19.7. The fourth-order valence-electron chi connectivity index (χ4n) is 4.55. The summed E-state index contributed by atoms with van der Waals surface area (Å²) in [6, 6.07) is 8.74. The summed E-state index contributed by atoms with van der Waals surface area (Å²) in [7, 11) is 0. The number of carbonyl (C=O) groups is 1. The molecule has 2 aromatic carbocycles. The molecule has 0 radical (unpaired) electrons. The maximum absolute atomic E-state index is 14.6. The lowest BCUT2D eigenvalue weighted by molar-refractivity contribution is -0.116. The molecular formula is C27H28F4N4O. The first-order valence-electron chi connectivity index (χ1n) is 12.0. The van der Waals surface area contributed by atoms with Gasteiger partial charge in [0.2, 0.25) is 5.91 Å². The first-order chi connectivity index (χ1) is 17.4. The van der Waals surface area contributed by atoms with Crippen LogP contribution in [-0.2, 0) is 11.2 Å². The summed E-state index contributed by atoms with van der Waals surface area (Å²) in [5.41, 5.74) is 1.37. The minimum absolute atomic E-state index is 0.192. The van der Waals surface area contributed by atoms with Crippen LogP contribution >= 0.6 is 0 Å². The topological polar surface area (TPSA) is 66.0 Å². The van der Waals surface area contributed by atoms with Crippen LogP contribution in [-0.4, -0.2) is 36.6 Å². The fraction of sp³-hybridized carbons (Fsp3) is 0.333. The Morgan fingerprint density at radius 3 is 2.42 bits per heavy atom. The quantitative estimate of drug-likeness (QED) is 0.373. The predicted molar refractivity (Wildman–Crippen MR) is 130 cm³/mol. The number of nitrogens with zero attached hydrogens (tertiary/aromatic N) is 1. The number of aromatic nitrogens is 1. The number of amides is 1. The molecule has 36 heavy (non-hydrogen) atoms. The number of anilines is 1. The Balaban J connectivity index is 1.49. The molecule has 1 amide bonds. The van der Waals surface area contributed by atoms with Crippen molar-refractivity contribution in [1.29, 1.82) is 0 Å². The summed E-state index contributed by atoms with van der Waals surface area (Å²) in [6.07, 6.45) is 4.29. The lowest BCUT2D eigenvalue weighted by Gasteiger charge is -2.24. The van der Waals surface area contributed by atoms with Crippen LogP contribution in [0.3, 0.4) is 0 Å². The molecule has 2 heterocycles. The van der Waals surface area contributed by atoms with Crippen LogP contribution in [0.5, 0.6) is 0 Å². The summed E-state index contributed by atoms with van der Waals surface area (Å²) in [5.74, 6) is -3.77. The van der Waals surface area contributed by atoms with E-state index in [1.807, 2.05) is 0 Å². The summed E-state index contributed by atoms with van der Waals surface area (Å²) < 4.78 is 56.0. The molecule has 1 aromatic heterocycles. The lowest BCUT2D eigenvalue weighted by atomic mass is 9.88. The zero-order valence-electron chi connectivity index (χ0n) is 19.7. The van der Waals surface area contributed by atoms with Crippen LogP contribution in [0.4, 0.5) is 23.2 Å². The van der Waals surface area contributed by atoms with Gasteiger partial charge in [-0.15, -0.1) is 0 Å². The van der Waals surface area contributed by atoms with E-state index in [-0.39, 0.29) is 17.7 Å². The summed E-state index contributed by atoms with van der Waals surface area (Å²) in [5, 5.41) is 9.45. The highest BCUT2D eigenvalue weighted by molar-refractivity contribution is 5.92. The SMILES string of the molecule is O=C(CC(c1ccc(F)cc1)c1cc(F)cc(F)c1)Nc1cncc(F)c1CCCC1CNCCN1. The Morgan fingerprint density at radius 2 is 1.72 bits per heavy atom. The minimum atomic E-state index is -0.781. The third-order valence-corrected chi connectivity index (χ3v) is 6.33. The second-order valence-corrected chi connectivity index (χ2v) is 8.95. The van der Waals surface area contributed by atoms with Gasteiger partial charge < -0.3 is 16.0 Å². The second kappa shape index (κ2) is 12.1. The molecule has 4 rings (SSSR count). The first kappa shape index (κ1) is 25.8. The van der Waals surface area contributed by atoms with E-state index in [0.29, 0.717) is 30.0 Å². The highest BCUT2D eigenvalue weighted by Gasteiger charge is 2.22. The van der Waals surface area contributed by atoms with Gasteiger partial charge in [-0.1, -0.05) is 12.1 Å². The number of benzene rings is 2. The molecule has 3 aromatic rings. The molecule has 0 saturated carbocycles. The van der Waals surface area contributed by atoms with E-state index in [9.17, 15) is 22.4 Å². The monoisotopic (exact) mass is 500 g/mol. The molecule has 1 saturated heterocycles. The Kier molecular flexibility index (Phi) is 8.66. The Bertz CT molecular complexity index is 1160. The van der Waals surface area contributed by atoms with E-state index in [1.54, 1.807) is 0 Å². The van der Waals surface area contributed by atoms with Crippen LogP contribution in [0.15, 0.2) is 54.9 Å². The normalized spacial score (nSPS) is 16.5. The van der Waals surface area contributed by atoms with Crippen molar-refractivity contribution in [3.63, 3.8) is 0 Å². The summed E-state index contributed by atoms with van der Waals surface area (Å²) >= 11 is 0. The van der Waals surface area contributed by atoms with E-state index in [2.05, 4.69) is 20.9 Å². The molecule has 5 nitrogen and oxygen atoms in total. The molecule has 190 valence electrons. The fourth-order valence-corrected chi connectivity index (χ4v) is 4.55. The van der Waals surface area contributed by atoms with Gasteiger partial charge >= 0.3 is 0 Å². The molecule has 9 heteroatoms. The van der Waals surface area contributed by atoms with Crippen LogP contribution in [0.2, 0.25) is 0 Å². The van der Waals surface area contributed by atoms with Crippen LogP contribution in [0.1, 0.15) is 41.9 Å². The molecule has 0 spiro atoms. The average molecular weight is 501 g/mol.